The standard InChI is InChI=1S/C11H16FNO2/c1-7(14)8(2)15-11-4-3-10(12)5-9(11)6-13/h3-5,7-8,14H,6,13H2,1-2H3. The molecule has 0 heterocycles. The van der Waals surface area contributed by atoms with Crippen molar-refractivity contribution in [3.05, 3.63) is 29.6 Å². The Morgan fingerprint density at radius 1 is 1.47 bits per heavy atom. The summed E-state index contributed by atoms with van der Waals surface area (Å²) in [7, 11) is 0. The lowest BCUT2D eigenvalue weighted by Crippen LogP contribution is -2.26. The molecule has 0 aliphatic rings. The van der Waals surface area contributed by atoms with Crippen molar-refractivity contribution in [1.29, 1.82) is 0 Å². The molecule has 15 heavy (non-hydrogen) atoms. The highest BCUT2D eigenvalue weighted by Gasteiger charge is 2.12. The summed E-state index contributed by atoms with van der Waals surface area (Å²) in [6.07, 6.45) is -0.929. The molecular formula is C11H16FNO2. The maximum absolute atomic E-state index is 12.9. The van der Waals surface area contributed by atoms with Crippen molar-refractivity contribution < 1.29 is 14.2 Å². The normalized spacial score (nSPS) is 14.7. The second kappa shape index (κ2) is 5.09. The molecule has 84 valence electrons. The third-order valence-corrected chi connectivity index (χ3v) is 2.23. The fourth-order valence-corrected chi connectivity index (χ4v) is 1.12. The van der Waals surface area contributed by atoms with E-state index >= 15 is 0 Å². The Hall–Kier alpha value is -1.13. The van der Waals surface area contributed by atoms with Gasteiger partial charge in [-0.25, -0.2) is 4.39 Å². The molecule has 2 atom stereocenters. The molecule has 1 rings (SSSR count). The zero-order valence-electron chi connectivity index (χ0n) is 8.90. The molecule has 0 aliphatic heterocycles. The van der Waals surface area contributed by atoms with Crippen molar-refractivity contribution in [1.82, 2.24) is 0 Å². The average Bonchev–Trinajstić information content (AvgIpc) is 2.20. The van der Waals surface area contributed by atoms with Crippen LogP contribution in [-0.2, 0) is 6.54 Å². The molecule has 0 aliphatic carbocycles. The lowest BCUT2D eigenvalue weighted by Gasteiger charge is -2.19. The van der Waals surface area contributed by atoms with Gasteiger partial charge < -0.3 is 15.6 Å². The summed E-state index contributed by atoms with van der Waals surface area (Å²) in [6, 6.07) is 4.17. The predicted octanol–water partition coefficient (Wildman–Crippen LogP) is 1.43. The number of nitrogens with two attached hydrogens (primary N) is 1. The molecule has 3 nitrogen and oxygen atoms in total. The van der Waals surface area contributed by atoms with Gasteiger partial charge in [-0.1, -0.05) is 0 Å². The summed E-state index contributed by atoms with van der Waals surface area (Å²) in [5.74, 6) is 0.180. The monoisotopic (exact) mass is 213 g/mol. The van der Waals surface area contributed by atoms with Crippen molar-refractivity contribution in [2.45, 2.75) is 32.6 Å². The zero-order valence-corrected chi connectivity index (χ0v) is 8.90. The summed E-state index contributed by atoms with van der Waals surface area (Å²) in [5, 5.41) is 9.27. The van der Waals surface area contributed by atoms with E-state index in [1.54, 1.807) is 13.8 Å². The van der Waals surface area contributed by atoms with Gasteiger partial charge in [-0.15, -0.1) is 0 Å². The summed E-state index contributed by atoms with van der Waals surface area (Å²) >= 11 is 0. The number of rotatable bonds is 4. The molecule has 0 saturated heterocycles. The number of aliphatic hydroxyl groups is 1. The minimum Gasteiger partial charge on any atom is -0.488 e. The van der Waals surface area contributed by atoms with Crippen LogP contribution in [0.1, 0.15) is 19.4 Å². The van der Waals surface area contributed by atoms with E-state index in [1.165, 1.54) is 18.2 Å². The smallest absolute Gasteiger partial charge is 0.124 e. The topological polar surface area (TPSA) is 55.5 Å². The van der Waals surface area contributed by atoms with Crippen LogP contribution in [0.4, 0.5) is 4.39 Å². The van der Waals surface area contributed by atoms with Gasteiger partial charge in [0.25, 0.3) is 0 Å². The molecule has 0 bridgehead atoms. The largest absolute Gasteiger partial charge is 0.488 e. The Morgan fingerprint density at radius 2 is 2.13 bits per heavy atom. The van der Waals surface area contributed by atoms with Crippen molar-refractivity contribution in [2.24, 2.45) is 5.73 Å². The van der Waals surface area contributed by atoms with E-state index in [2.05, 4.69) is 0 Å². The fraction of sp³-hybridized carbons (Fsp3) is 0.455. The molecule has 0 spiro atoms. The molecule has 0 radical (unpaired) electrons. The first-order chi connectivity index (χ1) is 7.04. The Kier molecular flexibility index (Phi) is 4.05. The van der Waals surface area contributed by atoms with Crippen LogP contribution in [0.15, 0.2) is 18.2 Å². The van der Waals surface area contributed by atoms with Gasteiger partial charge in [0.15, 0.2) is 0 Å². The Bertz CT molecular complexity index is 328. The molecule has 1 aromatic rings. The highest BCUT2D eigenvalue weighted by molar-refractivity contribution is 5.34. The van der Waals surface area contributed by atoms with Gasteiger partial charge >= 0.3 is 0 Å². The van der Waals surface area contributed by atoms with Gasteiger partial charge in [-0.3, -0.25) is 0 Å². The average molecular weight is 213 g/mol. The minimum absolute atomic E-state index is 0.208. The Labute approximate surface area is 88.7 Å². The second-order valence-electron chi connectivity index (χ2n) is 3.52. The quantitative estimate of drug-likeness (QED) is 0.795. The summed E-state index contributed by atoms with van der Waals surface area (Å²) < 4.78 is 18.3. The number of hydrogen-bond acceptors (Lipinski definition) is 3. The number of aliphatic hydroxyl groups excluding tert-OH is 1. The molecule has 4 heteroatoms. The van der Waals surface area contributed by atoms with E-state index in [4.69, 9.17) is 10.5 Å². The van der Waals surface area contributed by atoms with Crippen LogP contribution < -0.4 is 10.5 Å². The van der Waals surface area contributed by atoms with Crippen LogP contribution in [0.2, 0.25) is 0 Å². The predicted molar refractivity (Wildman–Crippen MR) is 56.1 cm³/mol. The zero-order chi connectivity index (χ0) is 11.4. The SMILES string of the molecule is CC(O)C(C)Oc1ccc(F)cc1CN. The van der Waals surface area contributed by atoms with Crippen LogP contribution >= 0.6 is 0 Å². The molecule has 0 fully saturated rings. The lowest BCUT2D eigenvalue weighted by molar-refractivity contribution is 0.0598. The third kappa shape index (κ3) is 3.18. The Morgan fingerprint density at radius 3 is 2.67 bits per heavy atom. The number of benzene rings is 1. The molecule has 1 aromatic carbocycles. The second-order valence-corrected chi connectivity index (χ2v) is 3.52. The van der Waals surface area contributed by atoms with E-state index in [0.717, 1.165) is 0 Å². The first-order valence-corrected chi connectivity index (χ1v) is 4.87. The van der Waals surface area contributed by atoms with Crippen molar-refractivity contribution in [2.75, 3.05) is 0 Å². The number of hydrogen-bond donors (Lipinski definition) is 2. The third-order valence-electron chi connectivity index (χ3n) is 2.23. The minimum atomic E-state index is -0.583. The first kappa shape index (κ1) is 11.9. The van der Waals surface area contributed by atoms with Crippen LogP contribution in [0, 0.1) is 5.82 Å². The number of ether oxygens (including phenoxy) is 1. The highest BCUT2D eigenvalue weighted by atomic mass is 19.1. The van der Waals surface area contributed by atoms with Crippen LogP contribution in [0.3, 0.4) is 0 Å². The Balaban J connectivity index is 2.84. The summed E-state index contributed by atoms with van der Waals surface area (Å²) in [5.41, 5.74) is 6.06. The van der Waals surface area contributed by atoms with Crippen molar-refractivity contribution >= 4 is 0 Å². The molecule has 0 amide bonds. The van der Waals surface area contributed by atoms with E-state index in [9.17, 15) is 9.50 Å². The van der Waals surface area contributed by atoms with Crippen LogP contribution in [0.5, 0.6) is 5.75 Å². The molecule has 3 N–H and O–H groups in total. The van der Waals surface area contributed by atoms with Crippen LogP contribution in [0.25, 0.3) is 0 Å². The maximum Gasteiger partial charge on any atom is 0.124 e. The molecule has 0 saturated carbocycles. The lowest BCUT2D eigenvalue weighted by atomic mass is 10.2. The number of halogens is 1. The van der Waals surface area contributed by atoms with Gasteiger partial charge in [0.1, 0.15) is 17.7 Å². The van der Waals surface area contributed by atoms with Crippen LogP contribution in [-0.4, -0.2) is 17.3 Å². The van der Waals surface area contributed by atoms with Gasteiger partial charge in [0.05, 0.1) is 6.10 Å². The van der Waals surface area contributed by atoms with Gasteiger partial charge in [0.2, 0.25) is 0 Å². The van der Waals surface area contributed by atoms with E-state index in [-0.39, 0.29) is 18.5 Å². The fourth-order valence-electron chi connectivity index (χ4n) is 1.12. The van der Waals surface area contributed by atoms with E-state index in [0.29, 0.717) is 11.3 Å². The first-order valence-electron chi connectivity index (χ1n) is 4.87. The molecular weight excluding hydrogens is 197 g/mol. The van der Waals surface area contributed by atoms with E-state index in [1.807, 2.05) is 0 Å². The maximum atomic E-state index is 12.9. The molecule has 0 aromatic heterocycles. The van der Waals surface area contributed by atoms with Crippen molar-refractivity contribution in [3.63, 3.8) is 0 Å². The highest BCUT2D eigenvalue weighted by Crippen LogP contribution is 2.21. The molecule has 2 unspecified atom stereocenters. The van der Waals surface area contributed by atoms with Gasteiger partial charge in [-0.05, 0) is 32.0 Å². The van der Waals surface area contributed by atoms with E-state index < -0.39 is 6.10 Å². The summed E-state index contributed by atoms with van der Waals surface area (Å²) in [4.78, 5) is 0. The van der Waals surface area contributed by atoms with Gasteiger partial charge in [-0.2, -0.15) is 0 Å². The summed E-state index contributed by atoms with van der Waals surface area (Å²) in [6.45, 7) is 3.59. The van der Waals surface area contributed by atoms with Crippen molar-refractivity contribution in [3.8, 4) is 5.75 Å². The van der Waals surface area contributed by atoms with Gasteiger partial charge in [0, 0.05) is 12.1 Å².